The van der Waals surface area contributed by atoms with Crippen LogP contribution in [-0.4, -0.2) is 41.2 Å². The van der Waals surface area contributed by atoms with E-state index >= 15 is 0 Å². The average Bonchev–Trinajstić information content (AvgIpc) is 3.03. The van der Waals surface area contributed by atoms with E-state index in [2.05, 4.69) is 14.7 Å². The Kier molecular flexibility index (Phi) is 5.55. The maximum atomic E-state index is 12.5. The van der Waals surface area contributed by atoms with Gasteiger partial charge in [-0.3, -0.25) is 4.79 Å². The van der Waals surface area contributed by atoms with Crippen molar-refractivity contribution in [1.29, 1.82) is 0 Å². The second kappa shape index (κ2) is 7.43. The molecule has 0 aliphatic heterocycles. The molecule has 0 aliphatic rings. The van der Waals surface area contributed by atoms with Gasteiger partial charge in [-0.05, 0) is 12.5 Å². The van der Waals surface area contributed by atoms with Crippen LogP contribution in [0.25, 0.3) is 11.4 Å². The number of ether oxygens (including phenoxy) is 1. The Morgan fingerprint density at radius 2 is 1.96 bits per heavy atom. The van der Waals surface area contributed by atoms with Crippen molar-refractivity contribution in [2.75, 3.05) is 20.3 Å². The van der Waals surface area contributed by atoms with E-state index in [1.807, 2.05) is 6.92 Å². The SMILES string of the molecule is CCN(Cc1ccc(-c2noc(C(F)(F)F)n2)cc1)C(=O)COC. The molecule has 130 valence electrons. The molecule has 0 saturated carbocycles. The van der Waals surface area contributed by atoms with Crippen LogP contribution >= 0.6 is 0 Å². The van der Waals surface area contributed by atoms with Crippen molar-refractivity contribution in [1.82, 2.24) is 15.0 Å². The summed E-state index contributed by atoms with van der Waals surface area (Å²) in [5, 5.41) is 3.33. The van der Waals surface area contributed by atoms with E-state index < -0.39 is 12.1 Å². The smallest absolute Gasteiger partial charge is 0.375 e. The van der Waals surface area contributed by atoms with Gasteiger partial charge >= 0.3 is 12.1 Å². The lowest BCUT2D eigenvalue weighted by Crippen LogP contribution is -2.33. The Labute approximate surface area is 136 Å². The lowest BCUT2D eigenvalue weighted by atomic mass is 10.1. The number of methoxy groups -OCH3 is 1. The summed E-state index contributed by atoms with van der Waals surface area (Å²) in [5.41, 5.74) is 1.22. The fraction of sp³-hybridized carbons (Fsp3) is 0.400. The van der Waals surface area contributed by atoms with Crippen LogP contribution in [0.15, 0.2) is 28.8 Å². The minimum Gasteiger partial charge on any atom is -0.375 e. The number of hydrogen-bond acceptors (Lipinski definition) is 5. The first kappa shape index (κ1) is 17.9. The largest absolute Gasteiger partial charge is 0.471 e. The molecule has 0 unspecified atom stereocenters. The van der Waals surface area contributed by atoms with Gasteiger partial charge in [-0.15, -0.1) is 0 Å². The van der Waals surface area contributed by atoms with Crippen LogP contribution in [0.3, 0.4) is 0 Å². The van der Waals surface area contributed by atoms with E-state index in [-0.39, 0.29) is 18.3 Å². The van der Waals surface area contributed by atoms with Crippen molar-refractivity contribution in [2.45, 2.75) is 19.6 Å². The summed E-state index contributed by atoms with van der Waals surface area (Å²) in [6.07, 6.45) is -4.67. The van der Waals surface area contributed by atoms with Crippen molar-refractivity contribution in [3.05, 3.63) is 35.7 Å². The third-order valence-electron chi connectivity index (χ3n) is 3.26. The molecule has 2 aromatic rings. The van der Waals surface area contributed by atoms with Crippen molar-refractivity contribution in [3.8, 4) is 11.4 Å². The number of likely N-dealkylation sites (N-methyl/N-ethyl adjacent to an activating group) is 1. The molecule has 0 bridgehead atoms. The van der Waals surface area contributed by atoms with E-state index in [4.69, 9.17) is 4.74 Å². The number of amides is 1. The number of nitrogens with zero attached hydrogens (tertiary/aromatic N) is 3. The van der Waals surface area contributed by atoms with Gasteiger partial charge in [-0.25, -0.2) is 0 Å². The third kappa shape index (κ3) is 4.31. The van der Waals surface area contributed by atoms with Crippen LogP contribution in [0.4, 0.5) is 13.2 Å². The fourth-order valence-electron chi connectivity index (χ4n) is 2.03. The summed E-state index contributed by atoms with van der Waals surface area (Å²) >= 11 is 0. The van der Waals surface area contributed by atoms with Gasteiger partial charge < -0.3 is 14.2 Å². The Hall–Kier alpha value is -2.42. The van der Waals surface area contributed by atoms with Crippen LogP contribution in [0.5, 0.6) is 0 Å². The van der Waals surface area contributed by atoms with Crippen LogP contribution in [-0.2, 0) is 22.3 Å². The summed E-state index contributed by atoms with van der Waals surface area (Å²) in [5.74, 6) is -1.67. The Balaban J connectivity index is 2.10. The van der Waals surface area contributed by atoms with Gasteiger partial charge in [0.25, 0.3) is 0 Å². The first-order chi connectivity index (χ1) is 11.3. The maximum Gasteiger partial charge on any atom is 0.471 e. The number of aromatic nitrogens is 2. The molecule has 6 nitrogen and oxygen atoms in total. The summed E-state index contributed by atoms with van der Waals surface area (Å²) in [4.78, 5) is 16.8. The van der Waals surface area contributed by atoms with Gasteiger partial charge in [0.15, 0.2) is 0 Å². The predicted octanol–water partition coefficient (Wildman–Crippen LogP) is 2.75. The number of carbonyl (C=O) groups is 1. The molecule has 1 aromatic carbocycles. The topological polar surface area (TPSA) is 68.5 Å². The third-order valence-corrected chi connectivity index (χ3v) is 3.26. The number of hydrogen-bond donors (Lipinski definition) is 0. The number of alkyl halides is 3. The lowest BCUT2D eigenvalue weighted by molar-refractivity contribution is -0.159. The first-order valence-corrected chi connectivity index (χ1v) is 7.12. The minimum atomic E-state index is -4.67. The second-order valence-corrected chi connectivity index (χ2v) is 4.96. The van der Waals surface area contributed by atoms with Gasteiger partial charge in [-0.1, -0.05) is 29.4 Å². The van der Waals surface area contributed by atoms with Crippen molar-refractivity contribution < 1.29 is 27.2 Å². The quantitative estimate of drug-likeness (QED) is 0.807. The molecule has 0 atom stereocenters. The van der Waals surface area contributed by atoms with E-state index in [1.165, 1.54) is 7.11 Å². The molecule has 0 N–H and O–H groups in total. The highest BCUT2D eigenvalue weighted by Gasteiger charge is 2.38. The molecule has 1 amide bonds. The van der Waals surface area contributed by atoms with Crippen molar-refractivity contribution in [3.63, 3.8) is 0 Å². The zero-order valence-corrected chi connectivity index (χ0v) is 13.1. The number of carbonyl (C=O) groups excluding carboxylic acids is 1. The molecule has 0 fully saturated rings. The van der Waals surface area contributed by atoms with E-state index in [0.717, 1.165) is 5.56 Å². The first-order valence-electron chi connectivity index (χ1n) is 7.12. The number of benzene rings is 1. The van der Waals surface area contributed by atoms with E-state index in [9.17, 15) is 18.0 Å². The Bertz CT molecular complexity index is 683. The highest BCUT2D eigenvalue weighted by atomic mass is 19.4. The Morgan fingerprint density at radius 1 is 1.29 bits per heavy atom. The van der Waals surface area contributed by atoms with E-state index in [0.29, 0.717) is 18.7 Å². The van der Waals surface area contributed by atoms with Gasteiger partial charge in [0, 0.05) is 25.8 Å². The molecule has 2 rings (SSSR count). The monoisotopic (exact) mass is 343 g/mol. The van der Waals surface area contributed by atoms with Crippen molar-refractivity contribution >= 4 is 5.91 Å². The molecular formula is C15H16F3N3O3. The van der Waals surface area contributed by atoms with E-state index in [1.54, 1.807) is 29.2 Å². The molecule has 24 heavy (non-hydrogen) atoms. The highest BCUT2D eigenvalue weighted by molar-refractivity contribution is 5.77. The van der Waals surface area contributed by atoms with Crippen molar-refractivity contribution in [2.24, 2.45) is 0 Å². The lowest BCUT2D eigenvalue weighted by Gasteiger charge is -2.20. The number of rotatable bonds is 6. The molecule has 1 heterocycles. The molecule has 0 aliphatic carbocycles. The normalized spacial score (nSPS) is 11.5. The predicted molar refractivity (Wildman–Crippen MR) is 77.7 cm³/mol. The molecular weight excluding hydrogens is 327 g/mol. The molecule has 0 radical (unpaired) electrons. The standard InChI is InChI=1S/C15H16F3N3O3/c1-3-21(12(22)9-23-2)8-10-4-6-11(7-5-10)13-19-14(24-20-13)15(16,17)18/h4-7H,3,8-9H2,1-2H3. The molecule has 0 spiro atoms. The van der Waals surface area contributed by atoms with Crippen LogP contribution in [0.2, 0.25) is 0 Å². The van der Waals surface area contributed by atoms with Gasteiger partial charge in [0.05, 0.1) is 0 Å². The van der Waals surface area contributed by atoms with Gasteiger partial charge in [0.2, 0.25) is 11.7 Å². The van der Waals surface area contributed by atoms with Crippen LogP contribution < -0.4 is 0 Å². The average molecular weight is 343 g/mol. The maximum absolute atomic E-state index is 12.5. The van der Waals surface area contributed by atoms with Gasteiger partial charge in [-0.2, -0.15) is 18.2 Å². The molecule has 0 saturated heterocycles. The van der Waals surface area contributed by atoms with Crippen LogP contribution in [0.1, 0.15) is 18.4 Å². The Morgan fingerprint density at radius 3 is 2.46 bits per heavy atom. The summed E-state index contributed by atoms with van der Waals surface area (Å²) in [6, 6.07) is 6.55. The molecule has 1 aromatic heterocycles. The summed E-state index contributed by atoms with van der Waals surface area (Å²) in [7, 11) is 1.45. The molecule has 9 heteroatoms. The minimum absolute atomic E-state index is 0.00496. The van der Waals surface area contributed by atoms with Gasteiger partial charge in [0.1, 0.15) is 6.61 Å². The zero-order chi connectivity index (χ0) is 17.7. The summed E-state index contributed by atoms with van der Waals surface area (Å²) in [6.45, 7) is 2.73. The summed E-state index contributed by atoms with van der Waals surface area (Å²) < 4.78 is 46.4. The fourth-order valence-corrected chi connectivity index (χ4v) is 2.03. The number of halogens is 3. The van der Waals surface area contributed by atoms with Crippen LogP contribution in [0, 0.1) is 0 Å². The zero-order valence-electron chi connectivity index (χ0n) is 13.1. The highest BCUT2D eigenvalue weighted by Crippen LogP contribution is 2.29. The second-order valence-electron chi connectivity index (χ2n) is 4.96.